The van der Waals surface area contributed by atoms with E-state index in [1.54, 1.807) is 26.8 Å². The summed E-state index contributed by atoms with van der Waals surface area (Å²) < 4.78 is 11.6. The summed E-state index contributed by atoms with van der Waals surface area (Å²) in [7, 11) is 0. The highest BCUT2D eigenvalue weighted by Gasteiger charge is 2.31. The van der Waals surface area contributed by atoms with Crippen molar-refractivity contribution in [1.82, 2.24) is 4.98 Å². The zero-order valence-electron chi connectivity index (χ0n) is 20.8. The third-order valence-electron chi connectivity index (χ3n) is 6.43. The zero-order valence-corrected chi connectivity index (χ0v) is 21.5. The predicted molar refractivity (Wildman–Crippen MR) is 138 cm³/mol. The summed E-state index contributed by atoms with van der Waals surface area (Å²) in [4.78, 5) is 21.6. The van der Waals surface area contributed by atoms with E-state index in [0.29, 0.717) is 18.1 Å². The molecular formula is C27H31ClN4O4. The van der Waals surface area contributed by atoms with Crippen molar-refractivity contribution in [2.75, 3.05) is 11.6 Å². The van der Waals surface area contributed by atoms with E-state index in [0.717, 1.165) is 59.1 Å². The molecule has 0 spiro atoms. The molecular weight excluding hydrogens is 480 g/mol. The number of anilines is 1. The van der Waals surface area contributed by atoms with E-state index in [2.05, 4.69) is 15.2 Å². The number of ether oxygens (including phenoxy) is 2. The van der Waals surface area contributed by atoms with Gasteiger partial charge in [0, 0.05) is 16.5 Å². The molecule has 0 unspecified atom stereocenters. The molecule has 2 aromatic rings. The molecule has 3 heterocycles. The molecule has 2 aliphatic heterocycles. The molecule has 190 valence electrons. The van der Waals surface area contributed by atoms with E-state index < -0.39 is 11.8 Å². The van der Waals surface area contributed by atoms with Gasteiger partial charge in [0.1, 0.15) is 17.0 Å². The number of hydrogen-bond acceptors (Lipinski definition) is 7. The molecule has 9 heteroatoms. The van der Waals surface area contributed by atoms with Crippen LogP contribution in [0.5, 0.6) is 5.75 Å². The molecule has 0 atom stereocenters. The first-order valence-corrected chi connectivity index (χ1v) is 12.7. The first-order chi connectivity index (χ1) is 17.3. The maximum atomic E-state index is 12.5. The van der Waals surface area contributed by atoms with Gasteiger partial charge in [0.05, 0.1) is 35.6 Å². The predicted octanol–water partition coefficient (Wildman–Crippen LogP) is 5.32. The molecule has 1 saturated carbocycles. The molecule has 5 rings (SSSR count). The number of H-pyrrole nitrogens is 1. The minimum absolute atomic E-state index is 0.194. The van der Waals surface area contributed by atoms with Crippen molar-refractivity contribution in [2.45, 2.75) is 64.7 Å². The fraction of sp³-hybridized carbons (Fsp3) is 0.444. The summed E-state index contributed by atoms with van der Waals surface area (Å²) in [5.74, 6) is 1.17. The smallest absolute Gasteiger partial charge is 0.490 e. The number of rotatable bonds is 4. The minimum atomic E-state index is -0.770. The topological polar surface area (TPSA) is 88.5 Å². The van der Waals surface area contributed by atoms with Crippen molar-refractivity contribution >= 4 is 35.2 Å². The fourth-order valence-corrected chi connectivity index (χ4v) is 5.05. The molecule has 0 amide bonds. The van der Waals surface area contributed by atoms with E-state index in [-0.39, 0.29) is 12.0 Å². The Kier molecular flexibility index (Phi) is 6.79. The first-order valence-electron chi connectivity index (χ1n) is 12.4. The van der Waals surface area contributed by atoms with Gasteiger partial charge in [-0.1, -0.05) is 29.8 Å². The highest BCUT2D eigenvalue weighted by Crippen LogP contribution is 2.35. The van der Waals surface area contributed by atoms with Gasteiger partial charge in [-0.05, 0) is 70.7 Å². The number of fused-ring (bicyclic) bond motifs is 3. The van der Waals surface area contributed by atoms with E-state index in [9.17, 15) is 4.79 Å². The van der Waals surface area contributed by atoms with Crippen molar-refractivity contribution < 1.29 is 19.1 Å². The van der Waals surface area contributed by atoms with Gasteiger partial charge in [-0.25, -0.2) is 4.79 Å². The highest BCUT2D eigenvalue weighted by molar-refractivity contribution is 6.34. The van der Waals surface area contributed by atoms with Gasteiger partial charge in [-0.3, -0.25) is 0 Å². The van der Waals surface area contributed by atoms with Gasteiger partial charge in [0.2, 0.25) is 0 Å². The van der Waals surface area contributed by atoms with E-state index in [1.165, 1.54) is 5.06 Å². The van der Waals surface area contributed by atoms with E-state index in [4.69, 9.17) is 25.9 Å². The largest absolute Gasteiger partial charge is 0.533 e. The van der Waals surface area contributed by atoms with Crippen LogP contribution in [-0.4, -0.2) is 29.4 Å². The van der Waals surface area contributed by atoms with Gasteiger partial charge in [0.25, 0.3) is 0 Å². The fourth-order valence-electron chi connectivity index (χ4n) is 4.88. The van der Waals surface area contributed by atoms with Crippen LogP contribution in [0, 0.1) is 5.92 Å². The average Bonchev–Trinajstić information content (AvgIpc) is 3.12. The summed E-state index contributed by atoms with van der Waals surface area (Å²) in [5.41, 5.74) is 1.95. The van der Waals surface area contributed by atoms with Crippen molar-refractivity contribution in [3.8, 4) is 5.75 Å². The Morgan fingerprint density at radius 2 is 1.89 bits per heavy atom. The minimum Gasteiger partial charge on any atom is -0.490 e. The maximum Gasteiger partial charge on any atom is 0.533 e. The molecule has 36 heavy (non-hydrogen) atoms. The van der Waals surface area contributed by atoms with Crippen molar-refractivity contribution in [2.24, 2.45) is 16.1 Å². The van der Waals surface area contributed by atoms with Gasteiger partial charge in [0.15, 0.2) is 0 Å². The summed E-state index contributed by atoms with van der Waals surface area (Å²) in [5, 5.41) is 12.8. The Morgan fingerprint density at radius 3 is 2.61 bits per heavy atom. The van der Waals surface area contributed by atoms with E-state index >= 15 is 0 Å². The van der Waals surface area contributed by atoms with Crippen molar-refractivity contribution in [3.05, 3.63) is 57.7 Å². The van der Waals surface area contributed by atoms with Crippen molar-refractivity contribution in [3.63, 3.8) is 0 Å². The summed E-state index contributed by atoms with van der Waals surface area (Å²) in [6.07, 6.45) is 6.86. The monoisotopic (exact) mass is 510 g/mol. The number of carbonyl (C=O) groups is 1. The van der Waals surface area contributed by atoms with Gasteiger partial charge in [-0.15, -0.1) is 0 Å². The number of carbonyl (C=O) groups excluding carboxylic acids is 1. The van der Waals surface area contributed by atoms with Crippen molar-refractivity contribution in [1.29, 1.82) is 0 Å². The number of hydroxylamine groups is 1. The second-order valence-electron chi connectivity index (χ2n) is 10.3. The number of benzene rings is 1. The number of hydrogen-bond donors (Lipinski definition) is 1. The van der Waals surface area contributed by atoms with Gasteiger partial charge < -0.3 is 19.3 Å². The maximum absolute atomic E-state index is 12.5. The molecule has 0 bridgehead atoms. The first kappa shape index (κ1) is 24.4. The zero-order chi connectivity index (χ0) is 25.3. The number of aromatic nitrogens is 1. The van der Waals surface area contributed by atoms with Crippen LogP contribution in [0.4, 0.5) is 10.5 Å². The molecule has 0 radical (unpaired) electrons. The Morgan fingerprint density at radius 1 is 1.14 bits per heavy atom. The van der Waals surface area contributed by atoms with Gasteiger partial charge >= 0.3 is 6.16 Å². The number of nitrogens with zero attached hydrogens (tertiary/aromatic N) is 3. The molecule has 1 aromatic carbocycles. The lowest BCUT2D eigenvalue weighted by molar-refractivity contribution is -0.0116. The van der Waals surface area contributed by atoms with Gasteiger partial charge in [-0.2, -0.15) is 15.3 Å². The standard InChI is InChI=1S/C27H31ClN4O4/c1-27(2,3)35-26(33)36-32-14-13-18(28)15-22-25(32)21-16-29-31-23(24(21)30-22)17-9-11-20(12-10-17)34-19-7-5-4-6-8-19/h4-8,13,15,17,20,30H,9-12,14,16H2,1-3H3/t17-,20+. The molecule has 1 aromatic heterocycles. The molecule has 8 nitrogen and oxygen atoms in total. The summed E-state index contributed by atoms with van der Waals surface area (Å²) in [6, 6.07) is 9.96. The second kappa shape index (κ2) is 10.0. The van der Waals surface area contributed by atoms with Crippen LogP contribution in [0.1, 0.15) is 52.0 Å². The molecule has 1 N–H and O–H groups in total. The number of para-hydroxylation sites is 1. The quantitative estimate of drug-likeness (QED) is 0.562. The average molecular weight is 511 g/mol. The highest BCUT2D eigenvalue weighted by atomic mass is 35.5. The molecule has 1 fully saturated rings. The Bertz CT molecular complexity index is 1300. The lowest BCUT2D eigenvalue weighted by atomic mass is 9.84. The molecule has 3 aliphatic rings. The number of aromatic amines is 1. The second-order valence-corrected chi connectivity index (χ2v) is 10.7. The van der Waals surface area contributed by atoms with Crippen LogP contribution in [0.2, 0.25) is 0 Å². The number of nitrogens with one attached hydrogen (secondary N) is 1. The van der Waals surface area contributed by atoms with Crippen LogP contribution < -0.4 is 20.5 Å². The molecule has 0 saturated heterocycles. The number of halogens is 1. The third kappa shape index (κ3) is 5.43. The SMILES string of the molecule is CC(C)(C)OC(=O)ON1CC=C(Cl)C=c2[nH]c3c(c21)CN=NC=3[C@H]1CC[C@@H](Oc2ccccc2)CC1. The number of azo groups is 1. The summed E-state index contributed by atoms with van der Waals surface area (Å²) >= 11 is 6.41. The normalized spacial score (nSPS) is 21.5. The Balaban J connectivity index is 1.41. The van der Waals surface area contributed by atoms with Crippen LogP contribution in [0.3, 0.4) is 0 Å². The molecule has 1 aliphatic carbocycles. The van der Waals surface area contributed by atoms with E-state index in [1.807, 2.05) is 36.4 Å². The lowest BCUT2D eigenvalue weighted by Crippen LogP contribution is -2.34. The Hall–Kier alpha value is -3.26. The third-order valence-corrected chi connectivity index (χ3v) is 6.69. The Labute approximate surface area is 215 Å². The van der Waals surface area contributed by atoms with Crippen LogP contribution in [0.25, 0.3) is 11.8 Å². The summed E-state index contributed by atoms with van der Waals surface area (Å²) in [6.45, 7) is 6.07. The van der Waals surface area contributed by atoms with Crippen LogP contribution >= 0.6 is 11.6 Å². The van der Waals surface area contributed by atoms with Crippen LogP contribution in [-0.2, 0) is 16.1 Å². The lowest BCUT2D eigenvalue weighted by Gasteiger charge is -2.29. The van der Waals surface area contributed by atoms with Crippen LogP contribution in [0.15, 0.2) is 51.7 Å². The number of allylic oxidation sites excluding steroid dienone is 1.